The van der Waals surface area contributed by atoms with Crippen LogP contribution in [0.2, 0.25) is 0 Å². The molecule has 1 aromatic carbocycles. The van der Waals surface area contributed by atoms with Gasteiger partial charge in [-0.15, -0.1) is 0 Å². The summed E-state index contributed by atoms with van der Waals surface area (Å²) in [7, 11) is 0. The monoisotopic (exact) mass is 400 g/mol. The molecule has 150 valence electrons. The molecule has 0 spiro atoms. The number of oxime groups is 1. The number of fused-ring (bicyclic) bond motifs is 3. The number of benzene rings is 1. The molecule has 0 radical (unpaired) electrons. The fourth-order valence-electron chi connectivity index (χ4n) is 4.55. The van der Waals surface area contributed by atoms with E-state index in [2.05, 4.69) is 5.16 Å². The van der Waals surface area contributed by atoms with Crippen molar-refractivity contribution in [2.45, 2.75) is 18.4 Å². The summed E-state index contributed by atoms with van der Waals surface area (Å²) in [6.45, 7) is 0. The van der Waals surface area contributed by atoms with Gasteiger partial charge in [0.1, 0.15) is 22.8 Å². The lowest BCUT2D eigenvalue weighted by Gasteiger charge is -2.45. The van der Waals surface area contributed by atoms with Crippen molar-refractivity contribution >= 4 is 28.9 Å². The lowest BCUT2D eigenvalue weighted by atomic mass is 9.58. The van der Waals surface area contributed by atoms with Gasteiger partial charge in [-0.1, -0.05) is 17.3 Å². The van der Waals surface area contributed by atoms with Crippen molar-refractivity contribution in [3.63, 3.8) is 0 Å². The van der Waals surface area contributed by atoms with Gasteiger partial charge in [-0.3, -0.25) is 14.4 Å². The summed E-state index contributed by atoms with van der Waals surface area (Å²) in [4.78, 5) is 37.7. The fraction of sp³-hybridized carbons (Fsp3) is 0.263. The molecule has 1 aromatic rings. The van der Waals surface area contributed by atoms with Gasteiger partial charge < -0.3 is 31.4 Å². The maximum absolute atomic E-state index is 13.2. The Kier molecular flexibility index (Phi) is 3.81. The van der Waals surface area contributed by atoms with E-state index in [1.165, 1.54) is 6.07 Å². The summed E-state index contributed by atoms with van der Waals surface area (Å²) in [5.74, 6) is -8.09. The summed E-state index contributed by atoms with van der Waals surface area (Å²) in [5.41, 5.74) is 0.787. The minimum absolute atomic E-state index is 0.0157. The molecule has 0 heterocycles. The highest BCUT2D eigenvalue weighted by atomic mass is 16.4. The molecule has 0 aromatic heterocycles. The largest absolute Gasteiger partial charge is 0.507 e. The molecule has 4 rings (SSSR count). The van der Waals surface area contributed by atoms with Gasteiger partial charge in [0.2, 0.25) is 11.6 Å². The van der Waals surface area contributed by atoms with Crippen molar-refractivity contribution in [3.8, 4) is 5.75 Å². The van der Waals surface area contributed by atoms with Crippen LogP contribution in [0.5, 0.6) is 5.75 Å². The second-order valence-electron chi connectivity index (χ2n) is 7.26. The van der Waals surface area contributed by atoms with Crippen LogP contribution >= 0.6 is 0 Å². The highest BCUT2D eigenvalue weighted by Crippen LogP contribution is 2.50. The number of hydrogen-bond donors (Lipinski definition) is 6. The highest BCUT2D eigenvalue weighted by Gasteiger charge is 2.64. The summed E-state index contributed by atoms with van der Waals surface area (Å²) < 4.78 is 0. The predicted molar refractivity (Wildman–Crippen MR) is 96.0 cm³/mol. The Balaban J connectivity index is 1.97. The van der Waals surface area contributed by atoms with E-state index in [-0.39, 0.29) is 29.7 Å². The van der Waals surface area contributed by atoms with Gasteiger partial charge in [0, 0.05) is 5.57 Å². The van der Waals surface area contributed by atoms with Crippen LogP contribution in [0.4, 0.5) is 0 Å². The number of allylic oxidation sites excluding steroid dienone is 1. The molecule has 0 bridgehead atoms. The molecule has 29 heavy (non-hydrogen) atoms. The molecule has 1 saturated carbocycles. The number of nitrogens with zero attached hydrogens (tertiary/aromatic N) is 1. The molecule has 3 aliphatic carbocycles. The predicted octanol–water partition coefficient (Wildman–Crippen LogP) is -0.136. The quantitative estimate of drug-likeness (QED) is 0.162. The van der Waals surface area contributed by atoms with E-state index in [9.17, 15) is 40.0 Å². The van der Waals surface area contributed by atoms with Gasteiger partial charge in [0.25, 0.3) is 5.91 Å². The number of aromatic hydroxyl groups is 1. The van der Waals surface area contributed by atoms with Crippen LogP contribution in [-0.4, -0.2) is 54.4 Å². The molecule has 0 unspecified atom stereocenters. The number of ketones is 2. The third kappa shape index (κ3) is 2.20. The Labute approximate surface area is 162 Å². The first-order chi connectivity index (χ1) is 13.6. The number of hydrogen-bond acceptors (Lipinski definition) is 9. The number of nitrogens with two attached hydrogens (primary N) is 1. The maximum Gasteiger partial charge on any atom is 0.256 e. The summed E-state index contributed by atoms with van der Waals surface area (Å²) >= 11 is 0. The molecule has 1 fully saturated rings. The molecule has 0 aliphatic heterocycles. The van der Waals surface area contributed by atoms with Crippen LogP contribution < -0.4 is 5.73 Å². The molecule has 7 N–H and O–H groups in total. The number of carbonyl (C=O) groups is 3. The Morgan fingerprint density at radius 3 is 2.45 bits per heavy atom. The SMILES string of the molecule is NC(=O)C1=C(O)/C(=N\O)[C@@H]2C[C@@H]3Cc4cccc(O)c4C(O)=C3C(=O)[C@]2(O)C1=O. The van der Waals surface area contributed by atoms with Crippen molar-refractivity contribution < 1.29 is 40.0 Å². The van der Waals surface area contributed by atoms with Crippen molar-refractivity contribution in [2.24, 2.45) is 22.7 Å². The van der Waals surface area contributed by atoms with Gasteiger partial charge in [-0.25, -0.2) is 0 Å². The van der Waals surface area contributed by atoms with Crippen LogP contribution in [0.25, 0.3) is 5.76 Å². The third-order valence-corrected chi connectivity index (χ3v) is 5.85. The smallest absolute Gasteiger partial charge is 0.256 e. The number of primary amides is 1. The van der Waals surface area contributed by atoms with Gasteiger partial charge >= 0.3 is 0 Å². The van der Waals surface area contributed by atoms with Crippen LogP contribution in [-0.2, 0) is 20.8 Å². The summed E-state index contributed by atoms with van der Waals surface area (Å²) in [6, 6.07) is 4.52. The summed E-state index contributed by atoms with van der Waals surface area (Å²) in [6.07, 6.45) is 0.0272. The Hall–Kier alpha value is -3.66. The fourth-order valence-corrected chi connectivity index (χ4v) is 4.55. The normalized spacial score (nSPS) is 30.2. The highest BCUT2D eigenvalue weighted by molar-refractivity contribution is 6.38. The van der Waals surface area contributed by atoms with Crippen LogP contribution in [0.3, 0.4) is 0 Å². The second kappa shape index (κ2) is 5.92. The van der Waals surface area contributed by atoms with Crippen molar-refractivity contribution in [2.75, 3.05) is 0 Å². The summed E-state index contributed by atoms with van der Waals surface area (Å²) in [5, 5.41) is 54.3. The van der Waals surface area contributed by atoms with Crippen molar-refractivity contribution in [1.29, 1.82) is 0 Å². The number of carbonyl (C=O) groups excluding carboxylic acids is 3. The van der Waals surface area contributed by atoms with Gasteiger partial charge in [0.05, 0.1) is 11.5 Å². The minimum atomic E-state index is -2.90. The molecule has 1 amide bonds. The van der Waals surface area contributed by atoms with Crippen molar-refractivity contribution in [3.05, 3.63) is 46.2 Å². The minimum Gasteiger partial charge on any atom is -0.507 e. The zero-order valence-electron chi connectivity index (χ0n) is 14.8. The topological polar surface area (TPSA) is 191 Å². The van der Waals surface area contributed by atoms with E-state index in [4.69, 9.17) is 5.73 Å². The number of rotatable bonds is 1. The van der Waals surface area contributed by atoms with Gasteiger partial charge in [0.15, 0.2) is 11.4 Å². The first-order valence-corrected chi connectivity index (χ1v) is 8.66. The second-order valence-corrected chi connectivity index (χ2v) is 7.26. The lowest BCUT2D eigenvalue weighted by Crippen LogP contribution is -2.64. The average molecular weight is 400 g/mol. The molecular weight excluding hydrogens is 384 g/mol. The van der Waals surface area contributed by atoms with Crippen LogP contribution in [0, 0.1) is 11.8 Å². The number of phenolic OH excluding ortho intramolecular Hbond substituents is 1. The number of amides is 1. The van der Waals surface area contributed by atoms with Crippen LogP contribution in [0.1, 0.15) is 17.5 Å². The molecular formula is C19H16N2O8. The zero-order chi connectivity index (χ0) is 21.2. The lowest BCUT2D eigenvalue weighted by molar-refractivity contribution is -0.153. The van der Waals surface area contributed by atoms with Crippen LogP contribution in [0.15, 0.2) is 40.3 Å². The van der Waals surface area contributed by atoms with E-state index < -0.39 is 57.7 Å². The molecule has 10 heteroatoms. The van der Waals surface area contributed by atoms with E-state index in [1.54, 1.807) is 12.1 Å². The Morgan fingerprint density at radius 2 is 1.83 bits per heavy atom. The first kappa shape index (κ1) is 18.7. The molecule has 3 atom stereocenters. The molecule has 10 nitrogen and oxygen atoms in total. The first-order valence-electron chi connectivity index (χ1n) is 8.66. The Bertz CT molecular complexity index is 1100. The maximum atomic E-state index is 13.2. The van der Waals surface area contributed by atoms with E-state index >= 15 is 0 Å². The van der Waals surface area contributed by atoms with E-state index in [1.807, 2.05) is 0 Å². The van der Waals surface area contributed by atoms with Crippen molar-refractivity contribution in [1.82, 2.24) is 0 Å². The molecule has 0 saturated heterocycles. The average Bonchev–Trinajstić information content (AvgIpc) is 2.65. The number of aliphatic hydroxyl groups excluding tert-OH is 2. The van der Waals surface area contributed by atoms with Gasteiger partial charge in [-0.2, -0.15) is 0 Å². The standard InChI is InChI=1S/C19H16N2O8/c20-18(27)12-15(24)13(21-29)8-5-7-4-6-2-1-3-9(22)10(6)14(23)11(7)16(25)19(8,28)17(12)26/h1-3,7-8,22-24,28-29H,4-5H2,(H2,20,27)/b21-13-/t7-,8-,19-/m0/s1. The van der Waals surface area contributed by atoms with E-state index in [0.717, 1.165) is 0 Å². The zero-order valence-corrected chi connectivity index (χ0v) is 14.8. The number of aliphatic hydroxyl groups is 3. The van der Waals surface area contributed by atoms with E-state index in [0.29, 0.717) is 5.56 Å². The molecule has 3 aliphatic rings. The number of Topliss-reactive ketones (excluding diaryl/α,β-unsaturated/α-hetero) is 2. The van der Waals surface area contributed by atoms with Gasteiger partial charge in [-0.05, 0) is 30.4 Å². The Morgan fingerprint density at radius 1 is 1.14 bits per heavy atom. The number of phenols is 1. The third-order valence-electron chi connectivity index (χ3n) is 5.85.